The van der Waals surface area contributed by atoms with Gasteiger partial charge in [0.2, 0.25) is 0 Å². The molecule has 0 saturated carbocycles. The van der Waals surface area contributed by atoms with Crippen LogP contribution in [0.25, 0.3) is 0 Å². The summed E-state index contributed by atoms with van der Waals surface area (Å²) in [6.07, 6.45) is 0.466. The SMILES string of the molecule is CCC(=O)OCCN(C)C.N. The molecule has 0 radical (unpaired) electrons. The molecule has 0 rings (SSSR count). The molecule has 0 aromatic carbocycles. The molecule has 0 unspecified atom stereocenters. The van der Waals surface area contributed by atoms with Crippen molar-refractivity contribution in [2.75, 3.05) is 27.2 Å². The largest absolute Gasteiger partial charge is 0.464 e. The number of ether oxygens (including phenoxy) is 1. The van der Waals surface area contributed by atoms with Crippen LogP contribution in [0.5, 0.6) is 0 Å². The van der Waals surface area contributed by atoms with Crippen LogP contribution in [0, 0.1) is 0 Å². The zero-order valence-electron chi connectivity index (χ0n) is 7.59. The summed E-state index contributed by atoms with van der Waals surface area (Å²) in [5.74, 6) is -0.123. The maximum absolute atomic E-state index is 10.6. The number of rotatable bonds is 4. The van der Waals surface area contributed by atoms with Gasteiger partial charge in [0, 0.05) is 13.0 Å². The Bertz CT molecular complexity index is 105. The van der Waals surface area contributed by atoms with Crippen LogP contribution in [-0.4, -0.2) is 38.1 Å². The van der Waals surface area contributed by atoms with Gasteiger partial charge in [0.05, 0.1) is 0 Å². The first-order valence-corrected chi connectivity index (χ1v) is 3.47. The Morgan fingerprint density at radius 1 is 1.45 bits per heavy atom. The fourth-order valence-corrected chi connectivity index (χ4v) is 0.444. The van der Waals surface area contributed by atoms with E-state index < -0.39 is 0 Å². The van der Waals surface area contributed by atoms with Gasteiger partial charge in [-0.05, 0) is 14.1 Å². The monoisotopic (exact) mass is 162 g/mol. The Morgan fingerprint density at radius 3 is 2.36 bits per heavy atom. The maximum Gasteiger partial charge on any atom is 0.305 e. The standard InChI is InChI=1S/C7H15NO2.H3N/c1-4-7(9)10-6-5-8(2)3;/h4-6H2,1-3H3;1H3. The van der Waals surface area contributed by atoms with Crippen molar-refractivity contribution in [2.24, 2.45) is 0 Å². The van der Waals surface area contributed by atoms with Crippen molar-refractivity contribution in [1.82, 2.24) is 11.1 Å². The van der Waals surface area contributed by atoms with E-state index in [1.165, 1.54) is 0 Å². The van der Waals surface area contributed by atoms with Crippen molar-refractivity contribution < 1.29 is 9.53 Å². The zero-order chi connectivity index (χ0) is 7.98. The van der Waals surface area contributed by atoms with Crippen LogP contribution in [0.15, 0.2) is 0 Å². The Morgan fingerprint density at radius 2 is 2.00 bits per heavy atom. The van der Waals surface area contributed by atoms with E-state index in [4.69, 9.17) is 4.74 Å². The second kappa shape index (κ2) is 7.50. The van der Waals surface area contributed by atoms with Gasteiger partial charge in [-0.15, -0.1) is 0 Å². The van der Waals surface area contributed by atoms with Crippen molar-refractivity contribution in [1.29, 1.82) is 0 Å². The van der Waals surface area contributed by atoms with Gasteiger partial charge < -0.3 is 15.8 Å². The summed E-state index contributed by atoms with van der Waals surface area (Å²) in [4.78, 5) is 12.5. The minimum atomic E-state index is -0.123. The number of esters is 1. The second-order valence-corrected chi connectivity index (χ2v) is 2.38. The average molecular weight is 162 g/mol. The van der Waals surface area contributed by atoms with E-state index in [2.05, 4.69) is 0 Å². The van der Waals surface area contributed by atoms with Crippen molar-refractivity contribution in [3.05, 3.63) is 0 Å². The number of carbonyl (C=O) groups excluding carboxylic acids is 1. The molecule has 0 spiro atoms. The number of likely N-dealkylation sites (N-methyl/N-ethyl adjacent to an activating group) is 1. The lowest BCUT2D eigenvalue weighted by molar-refractivity contribution is -0.143. The van der Waals surface area contributed by atoms with E-state index in [0.717, 1.165) is 6.54 Å². The van der Waals surface area contributed by atoms with Crippen LogP contribution in [0.3, 0.4) is 0 Å². The lowest BCUT2D eigenvalue weighted by Crippen LogP contribution is -2.19. The van der Waals surface area contributed by atoms with E-state index >= 15 is 0 Å². The lowest BCUT2D eigenvalue weighted by atomic mass is 10.5. The predicted molar refractivity (Wildman–Crippen MR) is 44.8 cm³/mol. The number of hydrogen-bond donors (Lipinski definition) is 1. The van der Waals surface area contributed by atoms with E-state index in [-0.39, 0.29) is 12.1 Å². The van der Waals surface area contributed by atoms with Crippen LogP contribution in [0.2, 0.25) is 0 Å². The molecule has 0 heterocycles. The molecule has 4 heteroatoms. The van der Waals surface area contributed by atoms with Gasteiger partial charge in [0.1, 0.15) is 6.61 Å². The number of carbonyl (C=O) groups is 1. The highest BCUT2D eigenvalue weighted by atomic mass is 16.5. The molecule has 68 valence electrons. The highest BCUT2D eigenvalue weighted by Gasteiger charge is 1.96. The van der Waals surface area contributed by atoms with Crippen LogP contribution < -0.4 is 6.15 Å². The molecule has 3 N–H and O–H groups in total. The molecule has 0 aliphatic heterocycles. The summed E-state index contributed by atoms with van der Waals surface area (Å²) in [7, 11) is 3.89. The summed E-state index contributed by atoms with van der Waals surface area (Å²) in [5, 5.41) is 0. The molecule has 4 nitrogen and oxygen atoms in total. The van der Waals surface area contributed by atoms with Gasteiger partial charge in [-0.2, -0.15) is 0 Å². The zero-order valence-corrected chi connectivity index (χ0v) is 7.59. The quantitative estimate of drug-likeness (QED) is 0.617. The first kappa shape index (κ1) is 13.0. The van der Waals surface area contributed by atoms with Gasteiger partial charge in [-0.1, -0.05) is 6.92 Å². The first-order valence-electron chi connectivity index (χ1n) is 3.47. The number of nitrogens with zero attached hydrogens (tertiary/aromatic N) is 1. The van der Waals surface area contributed by atoms with Gasteiger partial charge >= 0.3 is 5.97 Å². The predicted octanol–water partition coefficient (Wildman–Crippen LogP) is 0.663. The topological polar surface area (TPSA) is 64.5 Å². The average Bonchev–Trinajstić information content (AvgIpc) is 1.87. The normalized spacial score (nSPS) is 9.09. The van der Waals surface area contributed by atoms with E-state index in [9.17, 15) is 4.79 Å². The molecule has 0 amide bonds. The second-order valence-electron chi connectivity index (χ2n) is 2.38. The molecule has 0 aromatic heterocycles. The Labute approximate surface area is 68.1 Å². The van der Waals surface area contributed by atoms with Crippen LogP contribution in [-0.2, 0) is 9.53 Å². The fraction of sp³-hybridized carbons (Fsp3) is 0.857. The van der Waals surface area contributed by atoms with Gasteiger partial charge in [-0.3, -0.25) is 4.79 Å². The third kappa shape index (κ3) is 9.39. The van der Waals surface area contributed by atoms with E-state index in [0.29, 0.717) is 13.0 Å². The van der Waals surface area contributed by atoms with Gasteiger partial charge in [0.25, 0.3) is 0 Å². The Balaban J connectivity index is 0. The first-order chi connectivity index (χ1) is 4.66. The molecule has 0 bridgehead atoms. The fourth-order valence-electron chi connectivity index (χ4n) is 0.444. The molecule has 0 aromatic rings. The Kier molecular flexibility index (Phi) is 8.87. The molecular formula is C7H18N2O2. The van der Waals surface area contributed by atoms with Gasteiger partial charge in [0.15, 0.2) is 0 Å². The highest BCUT2D eigenvalue weighted by Crippen LogP contribution is 1.84. The molecule has 0 atom stereocenters. The van der Waals surface area contributed by atoms with Crippen LogP contribution in [0.1, 0.15) is 13.3 Å². The molecule has 0 aliphatic rings. The summed E-state index contributed by atoms with van der Waals surface area (Å²) in [5.41, 5.74) is 0. The summed E-state index contributed by atoms with van der Waals surface area (Å²) in [6.45, 7) is 3.09. The molecule has 11 heavy (non-hydrogen) atoms. The van der Waals surface area contributed by atoms with Crippen LogP contribution >= 0.6 is 0 Å². The highest BCUT2D eigenvalue weighted by molar-refractivity contribution is 5.68. The summed E-state index contributed by atoms with van der Waals surface area (Å²) >= 11 is 0. The summed E-state index contributed by atoms with van der Waals surface area (Å²) < 4.78 is 4.82. The van der Waals surface area contributed by atoms with Crippen LogP contribution in [0.4, 0.5) is 0 Å². The third-order valence-corrected chi connectivity index (χ3v) is 1.09. The molecular weight excluding hydrogens is 144 g/mol. The van der Waals surface area contributed by atoms with Crippen molar-refractivity contribution in [2.45, 2.75) is 13.3 Å². The lowest BCUT2D eigenvalue weighted by Gasteiger charge is -2.08. The summed E-state index contributed by atoms with van der Waals surface area (Å²) in [6, 6.07) is 0. The van der Waals surface area contributed by atoms with Crippen molar-refractivity contribution >= 4 is 5.97 Å². The smallest absolute Gasteiger partial charge is 0.305 e. The van der Waals surface area contributed by atoms with E-state index in [1.807, 2.05) is 19.0 Å². The minimum Gasteiger partial charge on any atom is -0.464 e. The van der Waals surface area contributed by atoms with Crippen molar-refractivity contribution in [3.63, 3.8) is 0 Å². The molecule has 0 fully saturated rings. The molecule has 0 saturated heterocycles. The van der Waals surface area contributed by atoms with Crippen molar-refractivity contribution in [3.8, 4) is 0 Å². The molecule has 0 aliphatic carbocycles. The Hall–Kier alpha value is -0.610. The van der Waals surface area contributed by atoms with Gasteiger partial charge in [-0.25, -0.2) is 0 Å². The third-order valence-electron chi connectivity index (χ3n) is 1.09. The maximum atomic E-state index is 10.6. The minimum absolute atomic E-state index is 0. The number of hydrogen-bond acceptors (Lipinski definition) is 4. The van der Waals surface area contributed by atoms with E-state index in [1.54, 1.807) is 6.92 Å².